The average Bonchev–Trinajstić information content (AvgIpc) is 3.19. The molecule has 0 unspecified atom stereocenters. The topological polar surface area (TPSA) is 61.9 Å². The van der Waals surface area contributed by atoms with Gasteiger partial charge in [0.15, 0.2) is 11.6 Å². The molecule has 2 aliphatic heterocycles. The molecule has 1 atom stereocenters. The summed E-state index contributed by atoms with van der Waals surface area (Å²) in [4.78, 5) is 26.7. The lowest BCUT2D eigenvalue weighted by Crippen LogP contribution is -2.53. The highest BCUT2D eigenvalue weighted by Crippen LogP contribution is 2.34. The van der Waals surface area contributed by atoms with Crippen LogP contribution in [0.15, 0.2) is 42.5 Å². The molecule has 0 spiro atoms. The summed E-state index contributed by atoms with van der Waals surface area (Å²) in [5, 5.41) is 4.04. The van der Waals surface area contributed by atoms with Gasteiger partial charge in [-0.2, -0.15) is 0 Å². The number of hydrogen-bond donors (Lipinski definition) is 1. The molecule has 6 nitrogen and oxygen atoms in total. The quantitative estimate of drug-likeness (QED) is 0.651. The van der Waals surface area contributed by atoms with E-state index in [-0.39, 0.29) is 30.4 Å². The molecule has 0 radical (unpaired) electrons. The minimum atomic E-state index is -1.68. The van der Waals surface area contributed by atoms with Gasteiger partial charge in [-0.15, -0.1) is 0 Å². The van der Waals surface area contributed by atoms with E-state index in [0.717, 1.165) is 12.1 Å². The molecule has 2 amide bonds. The summed E-state index contributed by atoms with van der Waals surface area (Å²) in [7, 11) is -1.68. The lowest BCUT2D eigenvalue weighted by atomic mass is 10.2. The normalized spacial score (nSPS) is 20.0. The van der Waals surface area contributed by atoms with Crippen LogP contribution >= 0.6 is 0 Å². The Kier molecular flexibility index (Phi) is 6.69. The summed E-state index contributed by atoms with van der Waals surface area (Å²) in [6, 6.07) is 14.6. The summed E-state index contributed by atoms with van der Waals surface area (Å²) in [5.41, 5.74) is 0.0748. The van der Waals surface area contributed by atoms with E-state index in [1.54, 1.807) is 11.8 Å². The van der Waals surface area contributed by atoms with Crippen LogP contribution < -0.4 is 20.3 Å². The zero-order valence-electron chi connectivity index (χ0n) is 18.9. The summed E-state index contributed by atoms with van der Waals surface area (Å²) >= 11 is 0. The Bertz CT molecular complexity index is 1010. The molecular weight excluding hydrogens is 444 g/mol. The number of carbonyl (C=O) groups is 2. The van der Waals surface area contributed by atoms with E-state index in [2.05, 4.69) is 24.0 Å². The molecule has 0 bridgehead atoms. The van der Waals surface area contributed by atoms with Crippen molar-refractivity contribution in [3.63, 3.8) is 0 Å². The van der Waals surface area contributed by atoms with Crippen LogP contribution in [0.5, 0.6) is 0 Å². The van der Waals surface area contributed by atoms with Gasteiger partial charge in [0.1, 0.15) is 11.8 Å². The van der Waals surface area contributed by atoms with Crippen LogP contribution in [0.25, 0.3) is 0 Å². The van der Waals surface area contributed by atoms with E-state index in [0.29, 0.717) is 19.5 Å². The van der Waals surface area contributed by atoms with Crippen molar-refractivity contribution in [2.24, 2.45) is 0 Å². The van der Waals surface area contributed by atoms with Crippen LogP contribution in [0, 0.1) is 11.6 Å². The van der Waals surface area contributed by atoms with Crippen molar-refractivity contribution in [3.8, 4) is 0 Å². The number of ether oxygens (including phenoxy) is 1. The predicted octanol–water partition coefficient (Wildman–Crippen LogP) is 3.62. The van der Waals surface area contributed by atoms with E-state index in [1.165, 1.54) is 22.2 Å². The van der Waals surface area contributed by atoms with E-state index in [1.807, 2.05) is 18.2 Å². The van der Waals surface area contributed by atoms with Gasteiger partial charge < -0.3 is 15.0 Å². The molecule has 2 aromatic carbocycles. The Labute approximate surface area is 193 Å². The third-order valence-corrected chi connectivity index (χ3v) is 11.1. The van der Waals surface area contributed by atoms with Gasteiger partial charge in [-0.3, -0.25) is 9.69 Å². The number of hydrogen-bond acceptors (Lipinski definition) is 4. The minimum Gasteiger partial charge on any atom is -0.442 e. The van der Waals surface area contributed by atoms with E-state index < -0.39 is 31.9 Å². The molecule has 9 heteroatoms. The van der Waals surface area contributed by atoms with Crippen LogP contribution in [0.1, 0.15) is 13.3 Å². The molecule has 2 heterocycles. The van der Waals surface area contributed by atoms with Gasteiger partial charge in [0.05, 0.1) is 26.9 Å². The fourth-order valence-electron chi connectivity index (χ4n) is 4.55. The molecule has 176 valence electrons. The van der Waals surface area contributed by atoms with Gasteiger partial charge in [-0.25, -0.2) is 13.6 Å². The molecule has 2 aliphatic rings. The Hall–Kier alpha value is -2.94. The molecule has 2 aromatic rings. The van der Waals surface area contributed by atoms with Gasteiger partial charge in [0.2, 0.25) is 5.91 Å². The molecule has 0 aliphatic carbocycles. The molecule has 4 rings (SSSR count). The maximum absolute atomic E-state index is 15.1. The SMILES string of the molecule is CCC(=O)NC[C@H]1CN(c2cc(F)c(N3CC[Si](C)(c4ccccc4)CC3)c(F)c2)C(=O)O1. The summed E-state index contributed by atoms with van der Waals surface area (Å²) in [6.45, 7) is 5.52. The van der Waals surface area contributed by atoms with Gasteiger partial charge in [0, 0.05) is 31.6 Å². The zero-order chi connectivity index (χ0) is 23.6. The Morgan fingerprint density at radius 1 is 1.15 bits per heavy atom. The largest absolute Gasteiger partial charge is 0.442 e. The number of amides is 2. The molecule has 1 N–H and O–H groups in total. The van der Waals surface area contributed by atoms with Crippen molar-refractivity contribution < 1.29 is 23.1 Å². The zero-order valence-corrected chi connectivity index (χ0v) is 19.9. The van der Waals surface area contributed by atoms with E-state index >= 15 is 8.78 Å². The Balaban J connectivity index is 1.45. The number of rotatable bonds is 6. The number of benzene rings is 2. The van der Waals surface area contributed by atoms with Crippen LogP contribution in [0.4, 0.5) is 25.0 Å². The first-order chi connectivity index (χ1) is 15.8. The van der Waals surface area contributed by atoms with Gasteiger partial charge >= 0.3 is 6.09 Å². The van der Waals surface area contributed by atoms with Crippen molar-refractivity contribution in [1.82, 2.24) is 5.32 Å². The number of nitrogens with zero attached hydrogens (tertiary/aromatic N) is 2. The monoisotopic (exact) mass is 473 g/mol. The first-order valence-corrected chi connectivity index (χ1v) is 14.3. The Morgan fingerprint density at radius 2 is 1.79 bits per heavy atom. The third-order valence-electron chi connectivity index (χ3n) is 6.69. The fourth-order valence-corrected chi connectivity index (χ4v) is 7.91. The molecule has 0 aromatic heterocycles. The van der Waals surface area contributed by atoms with Crippen molar-refractivity contribution >= 4 is 36.6 Å². The van der Waals surface area contributed by atoms with Crippen molar-refractivity contribution in [2.75, 3.05) is 36.0 Å². The highest BCUT2D eigenvalue weighted by Gasteiger charge is 2.37. The van der Waals surface area contributed by atoms with Gasteiger partial charge in [0.25, 0.3) is 0 Å². The highest BCUT2D eigenvalue weighted by atomic mass is 28.3. The van der Waals surface area contributed by atoms with E-state index in [9.17, 15) is 9.59 Å². The van der Waals surface area contributed by atoms with Crippen LogP contribution in [0.2, 0.25) is 18.6 Å². The second-order valence-electron chi connectivity index (χ2n) is 8.95. The maximum atomic E-state index is 15.1. The van der Waals surface area contributed by atoms with Crippen molar-refractivity contribution in [2.45, 2.75) is 38.1 Å². The Morgan fingerprint density at radius 3 is 2.39 bits per heavy atom. The molecule has 2 saturated heterocycles. The molecule has 33 heavy (non-hydrogen) atoms. The number of carbonyl (C=O) groups excluding carboxylic acids is 2. The number of anilines is 2. The number of nitrogens with one attached hydrogen (secondary N) is 1. The first kappa shape index (κ1) is 23.2. The summed E-state index contributed by atoms with van der Waals surface area (Å²) in [5.74, 6) is -1.53. The van der Waals surface area contributed by atoms with Crippen LogP contribution in [-0.2, 0) is 9.53 Å². The first-order valence-electron chi connectivity index (χ1n) is 11.3. The van der Waals surface area contributed by atoms with E-state index in [4.69, 9.17) is 4.74 Å². The average molecular weight is 474 g/mol. The van der Waals surface area contributed by atoms with Crippen molar-refractivity contribution in [3.05, 3.63) is 54.1 Å². The molecular formula is C24H29F2N3O3Si. The lowest BCUT2D eigenvalue weighted by molar-refractivity contribution is -0.121. The third kappa shape index (κ3) is 4.87. The number of cyclic esters (lactones) is 1. The second-order valence-corrected chi connectivity index (χ2v) is 13.6. The van der Waals surface area contributed by atoms with Gasteiger partial charge in [-0.05, 0) is 12.1 Å². The standard InChI is InChI=1S/C24H29F2N3O3Si/c1-3-22(30)27-15-18-16-29(24(31)32-18)17-13-20(25)23(21(26)14-17)28-9-11-33(2,12-10-28)19-7-5-4-6-8-19/h4-8,13-14,18H,3,9-12,15-16H2,1-2H3,(H,27,30)/t18-/m0/s1. The molecule has 2 fully saturated rings. The minimum absolute atomic E-state index is 0.0396. The molecule has 0 saturated carbocycles. The smallest absolute Gasteiger partial charge is 0.414 e. The van der Waals surface area contributed by atoms with Gasteiger partial charge in [-0.1, -0.05) is 49.0 Å². The predicted molar refractivity (Wildman–Crippen MR) is 127 cm³/mol. The van der Waals surface area contributed by atoms with Crippen LogP contribution in [0.3, 0.4) is 0 Å². The highest BCUT2D eigenvalue weighted by molar-refractivity contribution is 6.91. The summed E-state index contributed by atoms with van der Waals surface area (Å²) in [6.07, 6.45) is -0.924. The maximum Gasteiger partial charge on any atom is 0.414 e. The number of halogens is 2. The van der Waals surface area contributed by atoms with Crippen LogP contribution in [-0.4, -0.2) is 52.4 Å². The summed E-state index contributed by atoms with van der Waals surface area (Å²) < 4.78 is 35.4. The second kappa shape index (κ2) is 9.50. The van der Waals surface area contributed by atoms with Crippen molar-refractivity contribution in [1.29, 1.82) is 0 Å². The fraction of sp³-hybridized carbons (Fsp3) is 0.417. The lowest BCUT2D eigenvalue weighted by Gasteiger charge is -2.39.